The fourth-order valence-corrected chi connectivity index (χ4v) is 6.21. The van der Waals surface area contributed by atoms with E-state index >= 15 is 0 Å². The molecule has 2 amide bonds. The summed E-state index contributed by atoms with van der Waals surface area (Å²) in [4.78, 5) is 56.1. The maximum atomic E-state index is 13.8. The van der Waals surface area contributed by atoms with Gasteiger partial charge in [-0.3, -0.25) is 24.1 Å². The van der Waals surface area contributed by atoms with Gasteiger partial charge < -0.3 is 4.74 Å². The van der Waals surface area contributed by atoms with Crippen molar-refractivity contribution in [2.45, 2.75) is 50.4 Å². The van der Waals surface area contributed by atoms with E-state index < -0.39 is 41.0 Å². The molecule has 2 aliphatic carbocycles. The van der Waals surface area contributed by atoms with Gasteiger partial charge in [0.2, 0.25) is 29.0 Å². The van der Waals surface area contributed by atoms with E-state index in [2.05, 4.69) is 0 Å². The summed E-state index contributed by atoms with van der Waals surface area (Å²) >= 11 is 0. The summed E-state index contributed by atoms with van der Waals surface area (Å²) < 4.78 is 6.31. The number of ketones is 2. The van der Waals surface area contributed by atoms with Crippen LogP contribution in [0.25, 0.3) is 0 Å². The number of Topliss-reactive ketones (excluding diaryl/α,β-unsaturated/α-hetero) is 2. The highest BCUT2D eigenvalue weighted by atomic mass is 16.5. The first-order chi connectivity index (χ1) is 15.4. The Balaban J connectivity index is 1.53. The van der Waals surface area contributed by atoms with Crippen molar-refractivity contribution in [3.63, 3.8) is 0 Å². The zero-order valence-electron chi connectivity index (χ0n) is 17.7. The lowest BCUT2D eigenvalue weighted by atomic mass is 9.77. The van der Waals surface area contributed by atoms with Crippen LogP contribution < -0.4 is 0 Å². The molecule has 0 N–H and O–H groups in total. The van der Waals surface area contributed by atoms with Crippen molar-refractivity contribution >= 4 is 23.4 Å². The molecule has 162 valence electrons. The quantitative estimate of drug-likeness (QED) is 0.540. The number of carbonyl (C=O) groups excluding carboxylic acids is 4. The van der Waals surface area contributed by atoms with Crippen LogP contribution in [0.15, 0.2) is 48.5 Å². The molecule has 6 nitrogen and oxygen atoms in total. The van der Waals surface area contributed by atoms with Gasteiger partial charge in [0.05, 0.1) is 17.9 Å². The molecule has 2 aliphatic heterocycles. The molecular formula is C26H23NO5. The molecule has 6 rings (SSSR count). The Kier molecular flexibility index (Phi) is 4.09. The van der Waals surface area contributed by atoms with Gasteiger partial charge in [0.15, 0.2) is 0 Å². The van der Waals surface area contributed by atoms with Crippen LogP contribution in [0.1, 0.15) is 63.6 Å². The van der Waals surface area contributed by atoms with Gasteiger partial charge in [0, 0.05) is 17.2 Å². The van der Waals surface area contributed by atoms with Crippen LogP contribution in [-0.2, 0) is 14.3 Å². The molecule has 0 aromatic heterocycles. The molecule has 3 atom stereocenters. The maximum absolute atomic E-state index is 13.8. The first kappa shape index (κ1) is 19.6. The zero-order valence-corrected chi connectivity index (χ0v) is 17.7. The molecule has 6 heteroatoms. The molecule has 3 fully saturated rings. The summed E-state index contributed by atoms with van der Waals surface area (Å²) in [6.07, 6.45) is 2.63. The normalized spacial score (nSPS) is 28.8. The third-order valence-corrected chi connectivity index (χ3v) is 7.61. The molecule has 1 spiro atoms. The number of imide groups is 1. The predicted octanol–water partition coefficient (Wildman–Crippen LogP) is 3.43. The number of ether oxygens (including phenoxy) is 1. The Morgan fingerprint density at radius 2 is 1.53 bits per heavy atom. The first-order valence-corrected chi connectivity index (χ1v) is 11.2. The summed E-state index contributed by atoms with van der Waals surface area (Å²) in [5.74, 6) is -3.76. The van der Waals surface area contributed by atoms with E-state index in [0.717, 1.165) is 31.2 Å². The number of fused-ring (bicyclic) bond motifs is 3. The number of hydrogen-bond donors (Lipinski definition) is 0. The summed E-state index contributed by atoms with van der Waals surface area (Å²) in [6.45, 7) is 1.93. The molecule has 2 saturated heterocycles. The van der Waals surface area contributed by atoms with Crippen LogP contribution in [0.4, 0.5) is 0 Å². The molecule has 32 heavy (non-hydrogen) atoms. The highest BCUT2D eigenvalue weighted by Crippen LogP contribution is 2.57. The number of likely N-dealkylation sites (tertiary alicyclic amines) is 1. The Hall–Kier alpha value is -3.12. The van der Waals surface area contributed by atoms with E-state index in [-0.39, 0.29) is 23.1 Å². The Bertz CT molecular complexity index is 1160. The second-order valence-corrected chi connectivity index (χ2v) is 9.38. The summed E-state index contributed by atoms with van der Waals surface area (Å²) in [5.41, 5.74) is 0.243. The van der Waals surface area contributed by atoms with Crippen molar-refractivity contribution in [1.29, 1.82) is 0 Å². The lowest BCUT2D eigenvalue weighted by molar-refractivity contribution is -0.147. The van der Waals surface area contributed by atoms with Gasteiger partial charge in [0.25, 0.3) is 0 Å². The number of carbonyl (C=O) groups is 4. The number of aryl methyl sites for hydroxylation is 1. The van der Waals surface area contributed by atoms with Crippen LogP contribution in [0.2, 0.25) is 0 Å². The van der Waals surface area contributed by atoms with Crippen molar-refractivity contribution in [2.24, 2.45) is 11.8 Å². The number of rotatable bonds is 2. The highest BCUT2D eigenvalue weighted by molar-refractivity contribution is 6.35. The minimum Gasteiger partial charge on any atom is -0.349 e. The second-order valence-electron chi connectivity index (χ2n) is 9.38. The van der Waals surface area contributed by atoms with E-state index in [1.54, 1.807) is 24.3 Å². The number of amides is 2. The average Bonchev–Trinajstić information content (AvgIpc) is 3.53. The van der Waals surface area contributed by atoms with E-state index in [0.29, 0.717) is 5.56 Å². The van der Waals surface area contributed by atoms with E-state index in [9.17, 15) is 19.2 Å². The third-order valence-electron chi connectivity index (χ3n) is 7.61. The Morgan fingerprint density at radius 1 is 0.875 bits per heavy atom. The van der Waals surface area contributed by atoms with Crippen LogP contribution in [0.3, 0.4) is 0 Å². The lowest BCUT2D eigenvalue weighted by Gasteiger charge is -2.29. The number of benzene rings is 2. The predicted molar refractivity (Wildman–Crippen MR) is 114 cm³/mol. The van der Waals surface area contributed by atoms with Gasteiger partial charge in [0.1, 0.15) is 0 Å². The summed E-state index contributed by atoms with van der Waals surface area (Å²) in [5, 5.41) is 0. The molecule has 0 bridgehead atoms. The molecule has 0 radical (unpaired) electrons. The number of hydrogen-bond acceptors (Lipinski definition) is 5. The topological polar surface area (TPSA) is 80.8 Å². The van der Waals surface area contributed by atoms with Gasteiger partial charge in [-0.25, -0.2) is 0 Å². The molecule has 2 aromatic rings. The van der Waals surface area contributed by atoms with Crippen molar-refractivity contribution in [3.05, 3.63) is 70.8 Å². The van der Waals surface area contributed by atoms with E-state index in [1.165, 1.54) is 4.90 Å². The fourth-order valence-electron chi connectivity index (χ4n) is 6.21. The average molecular weight is 429 g/mol. The van der Waals surface area contributed by atoms with Gasteiger partial charge in [-0.1, -0.05) is 66.9 Å². The second kappa shape index (κ2) is 6.69. The molecule has 2 aromatic carbocycles. The van der Waals surface area contributed by atoms with Crippen LogP contribution in [-0.4, -0.2) is 39.9 Å². The molecule has 4 aliphatic rings. The zero-order chi connectivity index (χ0) is 22.2. The SMILES string of the molecule is Cc1cccc([C@@H]2OC3(C(=O)c4ccccc4C3=O)[C@@H]3C(=O)N(C4CCCC4)C(=O)[C@H]32)c1. The van der Waals surface area contributed by atoms with Gasteiger partial charge in [-0.05, 0) is 25.3 Å². The first-order valence-electron chi connectivity index (χ1n) is 11.2. The minimum atomic E-state index is -1.97. The smallest absolute Gasteiger partial charge is 0.237 e. The molecule has 2 heterocycles. The van der Waals surface area contributed by atoms with Crippen LogP contribution >= 0.6 is 0 Å². The van der Waals surface area contributed by atoms with Crippen molar-refractivity contribution in [3.8, 4) is 0 Å². The molecule has 1 saturated carbocycles. The van der Waals surface area contributed by atoms with Gasteiger partial charge in [-0.15, -0.1) is 0 Å². The largest absolute Gasteiger partial charge is 0.349 e. The van der Waals surface area contributed by atoms with E-state index in [4.69, 9.17) is 4.74 Å². The summed E-state index contributed by atoms with van der Waals surface area (Å²) in [7, 11) is 0. The highest BCUT2D eigenvalue weighted by Gasteiger charge is 2.75. The third kappa shape index (κ3) is 2.33. The fraction of sp³-hybridized carbons (Fsp3) is 0.385. The monoisotopic (exact) mass is 429 g/mol. The van der Waals surface area contributed by atoms with Crippen molar-refractivity contribution in [2.75, 3.05) is 0 Å². The van der Waals surface area contributed by atoms with Gasteiger partial charge >= 0.3 is 0 Å². The molecular weight excluding hydrogens is 406 g/mol. The number of nitrogens with zero attached hydrogens (tertiary/aromatic N) is 1. The minimum absolute atomic E-state index is 0.162. The lowest BCUT2D eigenvalue weighted by Crippen LogP contribution is -2.51. The Morgan fingerprint density at radius 3 is 2.16 bits per heavy atom. The maximum Gasteiger partial charge on any atom is 0.237 e. The standard InChI is InChI=1S/C26H23NO5/c1-14-7-6-8-15(13-14)21-19-20(25(31)27(24(19)30)16-9-2-3-10-16)26(32-21)22(28)17-11-4-5-12-18(17)23(26)29/h4-8,11-13,16,19-21H,2-3,9-10H2,1H3/t19-,20+,21+/m1/s1. The van der Waals surface area contributed by atoms with Crippen LogP contribution in [0, 0.1) is 18.8 Å². The summed E-state index contributed by atoms with van der Waals surface area (Å²) in [6, 6.07) is 13.9. The van der Waals surface area contributed by atoms with Crippen molar-refractivity contribution in [1.82, 2.24) is 4.90 Å². The van der Waals surface area contributed by atoms with Gasteiger partial charge in [-0.2, -0.15) is 0 Å². The Labute approximate surface area is 185 Å². The molecule has 0 unspecified atom stereocenters. The van der Waals surface area contributed by atoms with E-state index in [1.807, 2.05) is 31.2 Å². The van der Waals surface area contributed by atoms with Crippen molar-refractivity contribution < 1.29 is 23.9 Å². The van der Waals surface area contributed by atoms with Crippen LogP contribution in [0.5, 0.6) is 0 Å².